The van der Waals surface area contributed by atoms with E-state index in [1.165, 1.54) is 24.7 Å². The molecule has 2 aromatic carbocycles. The number of rotatable bonds is 8. The molecule has 1 aromatic heterocycles. The van der Waals surface area contributed by atoms with Gasteiger partial charge in [0.05, 0.1) is 18.2 Å². The minimum absolute atomic E-state index is 0.158. The Morgan fingerprint density at radius 1 is 1.10 bits per heavy atom. The molecule has 0 fully saturated rings. The molecule has 0 aliphatic rings. The predicted octanol–water partition coefficient (Wildman–Crippen LogP) is 3.85. The first-order valence-electron chi connectivity index (χ1n) is 9.09. The number of thiophene rings is 1. The lowest BCUT2D eigenvalue weighted by Crippen LogP contribution is -2.20. The van der Waals surface area contributed by atoms with Gasteiger partial charge < -0.3 is 14.8 Å². The Bertz CT molecular complexity index is 1030. The topological polar surface area (TPSA) is 89.0 Å². The number of benzene rings is 2. The van der Waals surface area contributed by atoms with Gasteiger partial charge in [-0.25, -0.2) is 5.43 Å². The first-order valence-corrected chi connectivity index (χ1v) is 9.97. The molecule has 2 amide bonds. The van der Waals surface area contributed by atoms with Gasteiger partial charge in [-0.1, -0.05) is 23.8 Å². The molecule has 7 nitrogen and oxygen atoms in total. The molecule has 3 aromatic rings. The minimum Gasteiger partial charge on any atom is -0.493 e. The van der Waals surface area contributed by atoms with Crippen molar-refractivity contribution in [3.63, 3.8) is 0 Å². The van der Waals surface area contributed by atoms with Crippen LogP contribution in [-0.2, 0) is 4.79 Å². The van der Waals surface area contributed by atoms with Crippen LogP contribution in [0.4, 0.5) is 5.69 Å². The number of hydrazone groups is 1. The largest absolute Gasteiger partial charge is 0.493 e. The number of nitrogens with zero attached hydrogens (tertiary/aromatic N) is 1. The molecule has 1 heterocycles. The zero-order chi connectivity index (χ0) is 21.3. The third-order valence-corrected chi connectivity index (χ3v) is 4.88. The van der Waals surface area contributed by atoms with E-state index in [4.69, 9.17) is 9.47 Å². The molecule has 0 saturated carbocycles. The van der Waals surface area contributed by atoms with Crippen LogP contribution < -0.4 is 20.2 Å². The summed E-state index contributed by atoms with van der Waals surface area (Å²) >= 11 is 1.34. The van der Waals surface area contributed by atoms with Gasteiger partial charge in [0, 0.05) is 5.69 Å². The number of amides is 2. The van der Waals surface area contributed by atoms with Crippen molar-refractivity contribution in [2.75, 3.05) is 19.0 Å². The van der Waals surface area contributed by atoms with Crippen LogP contribution in [0.15, 0.2) is 65.1 Å². The maximum absolute atomic E-state index is 12.1. The fourth-order valence-electron chi connectivity index (χ4n) is 2.49. The Morgan fingerprint density at radius 3 is 2.60 bits per heavy atom. The predicted molar refractivity (Wildman–Crippen MR) is 118 cm³/mol. The quantitative estimate of drug-likeness (QED) is 0.425. The van der Waals surface area contributed by atoms with Gasteiger partial charge in [0.15, 0.2) is 18.1 Å². The highest BCUT2D eigenvalue weighted by Gasteiger charge is 2.09. The smallest absolute Gasteiger partial charge is 0.281 e. The van der Waals surface area contributed by atoms with Crippen molar-refractivity contribution in [3.05, 3.63) is 76.0 Å². The average molecular weight is 423 g/mol. The fraction of sp³-hybridized carbons (Fsp3) is 0.136. The molecule has 30 heavy (non-hydrogen) atoms. The van der Waals surface area contributed by atoms with Gasteiger partial charge in [0.25, 0.3) is 11.8 Å². The van der Waals surface area contributed by atoms with E-state index in [1.807, 2.05) is 36.6 Å². The summed E-state index contributed by atoms with van der Waals surface area (Å²) in [6.07, 6.45) is 1.50. The average Bonchev–Trinajstić information content (AvgIpc) is 3.29. The van der Waals surface area contributed by atoms with Gasteiger partial charge in [0.1, 0.15) is 0 Å². The van der Waals surface area contributed by atoms with Crippen LogP contribution in [-0.4, -0.2) is 31.7 Å². The van der Waals surface area contributed by atoms with Crippen molar-refractivity contribution in [1.29, 1.82) is 0 Å². The summed E-state index contributed by atoms with van der Waals surface area (Å²) in [4.78, 5) is 24.6. The van der Waals surface area contributed by atoms with Crippen molar-refractivity contribution < 1.29 is 19.1 Å². The molecule has 0 atom stereocenters. The molecular formula is C22H21N3O4S. The summed E-state index contributed by atoms with van der Waals surface area (Å²) < 4.78 is 10.9. The lowest BCUT2D eigenvalue weighted by Gasteiger charge is -2.11. The molecule has 0 bridgehead atoms. The number of hydrogen-bond acceptors (Lipinski definition) is 6. The van der Waals surface area contributed by atoms with Gasteiger partial charge in [-0.15, -0.1) is 11.3 Å². The summed E-state index contributed by atoms with van der Waals surface area (Å²) in [7, 11) is 1.51. The Kier molecular flexibility index (Phi) is 7.18. The van der Waals surface area contributed by atoms with Crippen molar-refractivity contribution >= 4 is 35.1 Å². The lowest BCUT2D eigenvalue weighted by molar-refractivity contribution is -0.118. The third kappa shape index (κ3) is 5.92. The second kappa shape index (κ2) is 10.2. The first-order chi connectivity index (χ1) is 14.5. The van der Waals surface area contributed by atoms with Gasteiger partial charge >= 0.3 is 0 Å². The highest BCUT2D eigenvalue weighted by atomic mass is 32.1. The van der Waals surface area contributed by atoms with E-state index in [0.29, 0.717) is 27.6 Å². The van der Waals surface area contributed by atoms with Crippen LogP contribution >= 0.6 is 11.3 Å². The third-order valence-electron chi connectivity index (χ3n) is 4.01. The second-order valence-corrected chi connectivity index (χ2v) is 7.24. The zero-order valence-corrected chi connectivity index (χ0v) is 17.4. The standard InChI is InChI=1S/C22H21N3O4S/c1-15-5-8-17(9-6-15)24-21(26)14-29-18-10-7-16(12-19(18)28-2)13-23-25-22(27)20-4-3-11-30-20/h3-13H,14H2,1-2H3,(H,24,26)(H,25,27)/b23-13-. The Hall–Kier alpha value is -3.65. The number of anilines is 1. The number of methoxy groups -OCH3 is 1. The second-order valence-electron chi connectivity index (χ2n) is 6.29. The normalized spacial score (nSPS) is 10.6. The summed E-state index contributed by atoms with van der Waals surface area (Å²) in [6.45, 7) is 1.82. The monoisotopic (exact) mass is 423 g/mol. The van der Waals surface area contributed by atoms with Crippen molar-refractivity contribution in [2.24, 2.45) is 5.10 Å². The van der Waals surface area contributed by atoms with E-state index in [0.717, 1.165) is 5.56 Å². The minimum atomic E-state index is -0.275. The summed E-state index contributed by atoms with van der Waals surface area (Å²) in [5.41, 5.74) is 4.99. The Labute approximate surface area is 178 Å². The number of nitrogens with one attached hydrogen (secondary N) is 2. The van der Waals surface area contributed by atoms with Gasteiger partial charge in [-0.3, -0.25) is 9.59 Å². The Balaban J connectivity index is 1.55. The molecule has 0 radical (unpaired) electrons. The van der Waals surface area contributed by atoms with E-state index < -0.39 is 0 Å². The lowest BCUT2D eigenvalue weighted by atomic mass is 10.2. The summed E-state index contributed by atoms with van der Waals surface area (Å²) in [6, 6.07) is 16.2. The fourth-order valence-corrected chi connectivity index (χ4v) is 3.10. The van der Waals surface area contributed by atoms with E-state index in [9.17, 15) is 9.59 Å². The van der Waals surface area contributed by atoms with Crippen molar-refractivity contribution in [1.82, 2.24) is 5.43 Å². The molecule has 2 N–H and O–H groups in total. The van der Waals surface area contributed by atoms with Crippen molar-refractivity contribution in [3.8, 4) is 11.5 Å². The van der Waals surface area contributed by atoms with Crippen LogP contribution in [0.3, 0.4) is 0 Å². The number of carbonyl (C=O) groups excluding carboxylic acids is 2. The maximum atomic E-state index is 12.1. The summed E-state index contributed by atoms with van der Waals surface area (Å²) in [5.74, 6) is 0.332. The van der Waals surface area contributed by atoms with Crippen LogP contribution in [0.5, 0.6) is 11.5 Å². The van der Waals surface area contributed by atoms with E-state index in [2.05, 4.69) is 15.8 Å². The summed E-state index contributed by atoms with van der Waals surface area (Å²) in [5, 5.41) is 8.55. The molecule has 154 valence electrons. The highest BCUT2D eigenvalue weighted by Crippen LogP contribution is 2.27. The number of ether oxygens (including phenoxy) is 2. The van der Waals surface area contributed by atoms with Crippen LogP contribution in [0.25, 0.3) is 0 Å². The molecular weight excluding hydrogens is 402 g/mol. The molecule has 0 aliphatic heterocycles. The molecule has 0 unspecified atom stereocenters. The molecule has 8 heteroatoms. The first kappa shape index (κ1) is 21.1. The van der Waals surface area contributed by atoms with E-state index in [-0.39, 0.29) is 18.4 Å². The Morgan fingerprint density at radius 2 is 1.90 bits per heavy atom. The van der Waals surface area contributed by atoms with Crippen LogP contribution in [0.1, 0.15) is 20.8 Å². The van der Waals surface area contributed by atoms with Gasteiger partial charge in [-0.2, -0.15) is 5.10 Å². The number of carbonyl (C=O) groups is 2. The zero-order valence-electron chi connectivity index (χ0n) is 16.5. The highest BCUT2D eigenvalue weighted by molar-refractivity contribution is 7.12. The van der Waals surface area contributed by atoms with Gasteiger partial charge in [-0.05, 0) is 54.3 Å². The van der Waals surface area contributed by atoms with Gasteiger partial charge in [0.2, 0.25) is 0 Å². The van der Waals surface area contributed by atoms with Crippen molar-refractivity contribution in [2.45, 2.75) is 6.92 Å². The van der Waals surface area contributed by atoms with Crippen LogP contribution in [0, 0.1) is 6.92 Å². The number of hydrogen-bond donors (Lipinski definition) is 2. The molecule has 3 rings (SSSR count). The van der Waals surface area contributed by atoms with Crippen LogP contribution in [0.2, 0.25) is 0 Å². The van der Waals surface area contributed by atoms with E-state index >= 15 is 0 Å². The molecule has 0 saturated heterocycles. The van der Waals surface area contributed by atoms with E-state index in [1.54, 1.807) is 30.3 Å². The molecule has 0 aliphatic carbocycles. The SMILES string of the molecule is COc1cc(/C=N\NC(=O)c2cccs2)ccc1OCC(=O)Nc1ccc(C)cc1. The maximum Gasteiger partial charge on any atom is 0.281 e. The molecule has 0 spiro atoms. The number of aryl methyl sites for hydroxylation is 1.